The van der Waals surface area contributed by atoms with Gasteiger partial charge in [-0.05, 0) is 0 Å². The molecule has 94 valence electrons. The van der Waals surface area contributed by atoms with Crippen molar-refractivity contribution in [2.24, 2.45) is 0 Å². The Labute approximate surface area is 98.5 Å². The zero-order valence-electron chi connectivity index (χ0n) is 9.66. The Hall–Kier alpha value is -1.98. The summed E-state index contributed by atoms with van der Waals surface area (Å²) in [5.74, 6) is 1.07. The molecule has 5 nitrogen and oxygen atoms in total. The molecule has 1 aromatic rings. The van der Waals surface area contributed by atoms with Gasteiger partial charge in [-0.2, -0.15) is 0 Å². The Morgan fingerprint density at radius 1 is 1.24 bits per heavy atom. The number of rotatable bonds is 5. The number of ether oxygens (including phenoxy) is 3. The van der Waals surface area contributed by atoms with E-state index in [0.717, 1.165) is 0 Å². The molecule has 0 unspecified atom stereocenters. The Kier molecular flexibility index (Phi) is 5.06. The molecular formula is C11H14FNO4. The van der Waals surface area contributed by atoms with Crippen LogP contribution in [-0.2, 0) is 4.74 Å². The van der Waals surface area contributed by atoms with Crippen LogP contribution in [0.15, 0.2) is 18.2 Å². The van der Waals surface area contributed by atoms with Gasteiger partial charge < -0.3 is 14.2 Å². The van der Waals surface area contributed by atoms with E-state index in [1.54, 1.807) is 18.2 Å². The number of methoxy groups -OCH3 is 2. The van der Waals surface area contributed by atoms with Gasteiger partial charge in [-0.3, -0.25) is 5.32 Å². The highest BCUT2D eigenvalue weighted by molar-refractivity contribution is 5.85. The summed E-state index contributed by atoms with van der Waals surface area (Å²) >= 11 is 0. The van der Waals surface area contributed by atoms with E-state index in [4.69, 9.17) is 9.47 Å². The lowest BCUT2D eigenvalue weighted by Gasteiger charge is -2.09. The van der Waals surface area contributed by atoms with Crippen LogP contribution in [0.5, 0.6) is 11.5 Å². The largest absolute Gasteiger partial charge is 0.497 e. The number of benzene rings is 1. The number of amides is 1. The van der Waals surface area contributed by atoms with Crippen molar-refractivity contribution < 1.29 is 23.4 Å². The van der Waals surface area contributed by atoms with Crippen LogP contribution >= 0.6 is 0 Å². The van der Waals surface area contributed by atoms with Gasteiger partial charge in [-0.15, -0.1) is 0 Å². The fraction of sp³-hybridized carbons (Fsp3) is 0.364. The van der Waals surface area contributed by atoms with Crippen LogP contribution in [0.4, 0.5) is 14.9 Å². The van der Waals surface area contributed by atoms with Gasteiger partial charge in [0.15, 0.2) is 0 Å². The highest BCUT2D eigenvalue weighted by Crippen LogP contribution is 2.25. The summed E-state index contributed by atoms with van der Waals surface area (Å²) in [6, 6.07) is 4.86. The molecule has 0 aliphatic carbocycles. The molecular weight excluding hydrogens is 229 g/mol. The smallest absolute Gasteiger partial charge is 0.411 e. The standard InChI is InChI=1S/C11H14FNO4/c1-15-9-5-8(6-10(7-9)16-2)13-11(14)17-4-3-12/h5-7H,3-4H2,1-2H3,(H,13,14). The van der Waals surface area contributed by atoms with Crippen LogP contribution < -0.4 is 14.8 Å². The number of anilines is 1. The molecule has 0 saturated heterocycles. The SMILES string of the molecule is COc1cc(NC(=O)OCCF)cc(OC)c1. The van der Waals surface area contributed by atoms with Crippen molar-refractivity contribution in [2.75, 3.05) is 32.8 Å². The molecule has 1 rings (SSSR count). The third-order valence-corrected chi connectivity index (χ3v) is 1.91. The minimum atomic E-state index is -0.724. The summed E-state index contributed by atoms with van der Waals surface area (Å²) in [6.07, 6.45) is -0.724. The molecule has 17 heavy (non-hydrogen) atoms. The van der Waals surface area contributed by atoms with Crippen molar-refractivity contribution in [2.45, 2.75) is 0 Å². The molecule has 0 atom stereocenters. The van der Waals surface area contributed by atoms with Crippen LogP contribution in [0.3, 0.4) is 0 Å². The average molecular weight is 243 g/mol. The van der Waals surface area contributed by atoms with Crippen molar-refractivity contribution in [1.82, 2.24) is 0 Å². The van der Waals surface area contributed by atoms with Crippen LogP contribution in [-0.4, -0.2) is 33.6 Å². The Morgan fingerprint density at radius 3 is 2.29 bits per heavy atom. The Bertz CT molecular complexity index is 361. The second kappa shape index (κ2) is 6.57. The first-order chi connectivity index (χ1) is 8.19. The molecule has 1 aromatic carbocycles. The highest BCUT2D eigenvalue weighted by atomic mass is 19.1. The molecule has 0 radical (unpaired) electrons. The zero-order chi connectivity index (χ0) is 12.7. The predicted octanol–water partition coefficient (Wildman–Crippen LogP) is 2.22. The summed E-state index contributed by atoms with van der Waals surface area (Å²) in [5.41, 5.74) is 0.449. The fourth-order valence-electron chi connectivity index (χ4n) is 1.16. The summed E-state index contributed by atoms with van der Waals surface area (Å²) < 4.78 is 26.4. The van der Waals surface area contributed by atoms with Gasteiger partial charge in [0.25, 0.3) is 0 Å². The van der Waals surface area contributed by atoms with Gasteiger partial charge in [0.1, 0.15) is 24.8 Å². The number of hydrogen-bond donors (Lipinski definition) is 1. The number of carbonyl (C=O) groups excluding carboxylic acids is 1. The second-order valence-corrected chi connectivity index (χ2v) is 3.05. The molecule has 0 aromatic heterocycles. The van der Waals surface area contributed by atoms with E-state index in [9.17, 15) is 9.18 Å². The monoisotopic (exact) mass is 243 g/mol. The topological polar surface area (TPSA) is 56.8 Å². The van der Waals surface area contributed by atoms with E-state index < -0.39 is 12.8 Å². The third kappa shape index (κ3) is 4.18. The summed E-state index contributed by atoms with van der Waals surface area (Å²) in [6.45, 7) is -0.984. The number of nitrogens with one attached hydrogen (secondary N) is 1. The minimum Gasteiger partial charge on any atom is -0.497 e. The first-order valence-corrected chi connectivity index (χ1v) is 4.92. The molecule has 0 heterocycles. The molecule has 0 saturated carbocycles. The van der Waals surface area contributed by atoms with Crippen molar-refractivity contribution in [3.05, 3.63) is 18.2 Å². The minimum absolute atomic E-state index is 0.271. The van der Waals surface area contributed by atoms with Crippen LogP contribution in [0.25, 0.3) is 0 Å². The Balaban J connectivity index is 2.72. The first kappa shape index (κ1) is 13.1. The molecule has 6 heteroatoms. The molecule has 0 aliphatic heterocycles. The van der Waals surface area contributed by atoms with Gasteiger partial charge in [-0.25, -0.2) is 9.18 Å². The average Bonchev–Trinajstić information content (AvgIpc) is 2.35. The predicted molar refractivity (Wildman–Crippen MR) is 60.5 cm³/mol. The quantitative estimate of drug-likeness (QED) is 0.861. The van der Waals surface area contributed by atoms with Crippen LogP contribution in [0, 0.1) is 0 Å². The maximum Gasteiger partial charge on any atom is 0.411 e. The van der Waals surface area contributed by atoms with Crippen molar-refractivity contribution in [3.8, 4) is 11.5 Å². The molecule has 0 spiro atoms. The molecule has 1 amide bonds. The highest BCUT2D eigenvalue weighted by Gasteiger charge is 2.06. The number of carbonyl (C=O) groups is 1. The summed E-state index contributed by atoms with van der Waals surface area (Å²) in [7, 11) is 3.00. The summed E-state index contributed by atoms with van der Waals surface area (Å²) in [4.78, 5) is 11.2. The van der Waals surface area contributed by atoms with Gasteiger partial charge in [0.05, 0.1) is 19.9 Å². The molecule has 1 N–H and O–H groups in total. The second-order valence-electron chi connectivity index (χ2n) is 3.05. The van der Waals surface area contributed by atoms with Gasteiger partial charge in [-0.1, -0.05) is 0 Å². The lowest BCUT2D eigenvalue weighted by atomic mass is 10.3. The lowest BCUT2D eigenvalue weighted by Crippen LogP contribution is -2.15. The van der Waals surface area contributed by atoms with Crippen LogP contribution in [0.1, 0.15) is 0 Å². The van der Waals surface area contributed by atoms with Crippen molar-refractivity contribution in [1.29, 1.82) is 0 Å². The number of hydrogen-bond acceptors (Lipinski definition) is 4. The maximum atomic E-state index is 11.8. The van der Waals surface area contributed by atoms with Crippen molar-refractivity contribution >= 4 is 11.8 Å². The van der Waals surface area contributed by atoms with Crippen LogP contribution in [0.2, 0.25) is 0 Å². The Morgan fingerprint density at radius 2 is 1.82 bits per heavy atom. The molecule has 0 aliphatic rings. The molecule has 0 bridgehead atoms. The van der Waals surface area contributed by atoms with E-state index in [0.29, 0.717) is 17.2 Å². The first-order valence-electron chi connectivity index (χ1n) is 4.92. The van der Waals surface area contributed by atoms with Gasteiger partial charge in [0.2, 0.25) is 0 Å². The zero-order valence-corrected chi connectivity index (χ0v) is 9.66. The van der Waals surface area contributed by atoms with E-state index >= 15 is 0 Å². The normalized spacial score (nSPS) is 9.59. The molecule has 0 fully saturated rings. The van der Waals surface area contributed by atoms with Gasteiger partial charge in [0, 0.05) is 18.2 Å². The van der Waals surface area contributed by atoms with E-state index in [-0.39, 0.29) is 6.61 Å². The van der Waals surface area contributed by atoms with Crippen molar-refractivity contribution in [3.63, 3.8) is 0 Å². The number of alkyl halides is 1. The van der Waals surface area contributed by atoms with Gasteiger partial charge >= 0.3 is 6.09 Å². The van der Waals surface area contributed by atoms with E-state index in [1.165, 1.54) is 14.2 Å². The number of halogens is 1. The maximum absolute atomic E-state index is 11.8. The fourth-order valence-corrected chi connectivity index (χ4v) is 1.16. The third-order valence-electron chi connectivity index (χ3n) is 1.91. The summed E-state index contributed by atoms with van der Waals surface area (Å²) in [5, 5.41) is 2.44. The van der Waals surface area contributed by atoms with E-state index in [1.807, 2.05) is 0 Å². The lowest BCUT2D eigenvalue weighted by molar-refractivity contribution is 0.152. The van der Waals surface area contributed by atoms with E-state index in [2.05, 4.69) is 10.1 Å².